The number of hydrogen-bond donors (Lipinski definition) is 2. The van der Waals surface area contributed by atoms with E-state index >= 15 is 0 Å². The Balaban J connectivity index is 0.00000300. The van der Waals surface area contributed by atoms with Crippen molar-refractivity contribution in [3.8, 4) is 5.75 Å². The van der Waals surface area contributed by atoms with Crippen molar-refractivity contribution < 1.29 is 4.74 Å². The van der Waals surface area contributed by atoms with Gasteiger partial charge in [-0.3, -0.25) is 9.67 Å². The van der Waals surface area contributed by atoms with Crippen LogP contribution in [0.15, 0.2) is 72.0 Å². The summed E-state index contributed by atoms with van der Waals surface area (Å²) in [6.07, 6.45) is 3.94. The van der Waals surface area contributed by atoms with E-state index < -0.39 is 0 Å². The molecule has 2 aromatic carbocycles. The number of para-hydroxylation sites is 1. The molecule has 1 aromatic heterocycles. The standard InChI is InChI=1S/C22H27N5O.HI/c1-3-28-21-12-8-7-11-20(21)15-25-22(23-2)24-13-19-14-26-27(17-19)16-18-9-5-4-6-10-18;/h4-12,14,17H,3,13,15-16H2,1-2H3,(H2,23,24,25);1H. The zero-order valence-electron chi connectivity index (χ0n) is 16.8. The normalized spacial score (nSPS) is 10.9. The Kier molecular flexibility index (Phi) is 9.49. The van der Waals surface area contributed by atoms with Gasteiger partial charge in [0.15, 0.2) is 5.96 Å². The predicted octanol–water partition coefficient (Wildman–Crippen LogP) is 3.81. The van der Waals surface area contributed by atoms with Crippen LogP contribution in [0.2, 0.25) is 0 Å². The van der Waals surface area contributed by atoms with Crippen molar-refractivity contribution >= 4 is 29.9 Å². The van der Waals surface area contributed by atoms with Crippen LogP contribution in [-0.2, 0) is 19.6 Å². The zero-order valence-corrected chi connectivity index (χ0v) is 19.2. The molecule has 29 heavy (non-hydrogen) atoms. The second-order valence-corrected chi connectivity index (χ2v) is 6.35. The molecular weight excluding hydrogens is 477 g/mol. The molecule has 154 valence electrons. The third kappa shape index (κ3) is 7.08. The highest BCUT2D eigenvalue weighted by Crippen LogP contribution is 2.17. The number of halogens is 1. The lowest BCUT2D eigenvalue weighted by Crippen LogP contribution is -2.36. The van der Waals surface area contributed by atoms with Gasteiger partial charge in [-0.15, -0.1) is 24.0 Å². The number of hydrogen-bond acceptors (Lipinski definition) is 3. The van der Waals surface area contributed by atoms with Crippen molar-refractivity contribution in [2.75, 3.05) is 13.7 Å². The lowest BCUT2D eigenvalue weighted by atomic mass is 10.2. The molecule has 2 N–H and O–H groups in total. The fourth-order valence-electron chi connectivity index (χ4n) is 2.89. The maximum Gasteiger partial charge on any atom is 0.191 e. The molecule has 6 nitrogen and oxygen atoms in total. The van der Waals surface area contributed by atoms with E-state index in [2.05, 4.69) is 45.1 Å². The molecule has 0 unspecified atom stereocenters. The third-order valence-electron chi connectivity index (χ3n) is 4.28. The molecule has 3 aromatic rings. The van der Waals surface area contributed by atoms with Crippen LogP contribution >= 0.6 is 24.0 Å². The van der Waals surface area contributed by atoms with Crippen LogP contribution in [-0.4, -0.2) is 29.4 Å². The van der Waals surface area contributed by atoms with Crippen molar-refractivity contribution in [1.82, 2.24) is 20.4 Å². The molecule has 0 radical (unpaired) electrons. The van der Waals surface area contributed by atoms with Crippen molar-refractivity contribution in [2.24, 2.45) is 4.99 Å². The molecule has 0 aliphatic rings. The molecule has 0 bridgehead atoms. The van der Waals surface area contributed by atoms with Crippen molar-refractivity contribution in [3.63, 3.8) is 0 Å². The van der Waals surface area contributed by atoms with E-state index in [1.165, 1.54) is 5.56 Å². The molecular formula is C22H28IN5O. The van der Waals surface area contributed by atoms with E-state index in [1.54, 1.807) is 7.05 Å². The average molecular weight is 505 g/mol. The molecule has 0 aliphatic carbocycles. The number of benzene rings is 2. The molecule has 1 heterocycles. The molecule has 0 saturated carbocycles. The summed E-state index contributed by atoms with van der Waals surface area (Å²) in [6, 6.07) is 18.3. The Hall–Kier alpha value is -2.55. The van der Waals surface area contributed by atoms with Gasteiger partial charge in [-0.05, 0) is 18.6 Å². The number of ether oxygens (including phenoxy) is 1. The number of aliphatic imine (C=N–C) groups is 1. The smallest absolute Gasteiger partial charge is 0.191 e. The summed E-state index contributed by atoms with van der Waals surface area (Å²) in [5, 5.41) is 11.1. The summed E-state index contributed by atoms with van der Waals surface area (Å²) in [5.74, 6) is 1.64. The first-order chi connectivity index (χ1) is 13.8. The molecule has 3 rings (SSSR count). The first kappa shape index (κ1) is 22.7. The highest BCUT2D eigenvalue weighted by molar-refractivity contribution is 14.0. The Morgan fingerprint density at radius 2 is 1.72 bits per heavy atom. The monoisotopic (exact) mass is 505 g/mol. The average Bonchev–Trinajstić information content (AvgIpc) is 3.17. The molecule has 0 atom stereocenters. The lowest BCUT2D eigenvalue weighted by molar-refractivity contribution is 0.336. The molecule has 0 fully saturated rings. The maximum absolute atomic E-state index is 5.67. The van der Waals surface area contributed by atoms with Gasteiger partial charge in [-0.1, -0.05) is 48.5 Å². The van der Waals surface area contributed by atoms with Gasteiger partial charge in [0, 0.05) is 37.5 Å². The van der Waals surface area contributed by atoms with Crippen LogP contribution in [0.5, 0.6) is 5.75 Å². The van der Waals surface area contributed by atoms with Crippen LogP contribution in [0.4, 0.5) is 0 Å². The minimum Gasteiger partial charge on any atom is -0.494 e. The summed E-state index contributed by atoms with van der Waals surface area (Å²) < 4.78 is 7.62. The first-order valence-electron chi connectivity index (χ1n) is 9.49. The van der Waals surface area contributed by atoms with Gasteiger partial charge < -0.3 is 15.4 Å². The Morgan fingerprint density at radius 1 is 1.00 bits per heavy atom. The van der Waals surface area contributed by atoms with Crippen LogP contribution in [0.25, 0.3) is 0 Å². The van der Waals surface area contributed by atoms with E-state index in [0.717, 1.165) is 29.4 Å². The molecule has 0 spiro atoms. The summed E-state index contributed by atoms with van der Waals surface area (Å²) in [7, 11) is 1.77. The van der Waals surface area contributed by atoms with Gasteiger partial charge in [-0.25, -0.2) is 0 Å². The van der Waals surface area contributed by atoms with Gasteiger partial charge in [-0.2, -0.15) is 5.10 Å². The second-order valence-electron chi connectivity index (χ2n) is 6.35. The van der Waals surface area contributed by atoms with E-state index in [4.69, 9.17) is 4.74 Å². The van der Waals surface area contributed by atoms with E-state index in [-0.39, 0.29) is 24.0 Å². The third-order valence-corrected chi connectivity index (χ3v) is 4.28. The topological polar surface area (TPSA) is 63.5 Å². The summed E-state index contributed by atoms with van der Waals surface area (Å²) in [4.78, 5) is 4.29. The van der Waals surface area contributed by atoms with Gasteiger partial charge in [0.25, 0.3) is 0 Å². The lowest BCUT2D eigenvalue weighted by Gasteiger charge is -2.14. The first-order valence-corrected chi connectivity index (χ1v) is 9.49. The van der Waals surface area contributed by atoms with Crippen molar-refractivity contribution in [2.45, 2.75) is 26.6 Å². The van der Waals surface area contributed by atoms with Gasteiger partial charge >= 0.3 is 0 Å². The van der Waals surface area contributed by atoms with Crippen LogP contribution in [0.3, 0.4) is 0 Å². The van der Waals surface area contributed by atoms with E-state index in [9.17, 15) is 0 Å². The molecule has 0 amide bonds. The molecule has 0 saturated heterocycles. The second kappa shape index (κ2) is 12.1. The summed E-state index contributed by atoms with van der Waals surface area (Å²) in [5.41, 5.74) is 3.44. The maximum atomic E-state index is 5.67. The number of nitrogens with one attached hydrogen (secondary N) is 2. The number of aromatic nitrogens is 2. The quantitative estimate of drug-likeness (QED) is 0.278. The van der Waals surface area contributed by atoms with Crippen LogP contribution in [0, 0.1) is 0 Å². The summed E-state index contributed by atoms with van der Waals surface area (Å²) >= 11 is 0. The molecule has 7 heteroatoms. The van der Waals surface area contributed by atoms with E-state index in [0.29, 0.717) is 19.7 Å². The Morgan fingerprint density at radius 3 is 2.48 bits per heavy atom. The van der Waals surface area contributed by atoms with Crippen molar-refractivity contribution in [1.29, 1.82) is 0 Å². The Labute approximate surface area is 189 Å². The SMILES string of the molecule is CCOc1ccccc1CNC(=NC)NCc1cnn(Cc2ccccc2)c1.I. The number of guanidine groups is 1. The van der Waals surface area contributed by atoms with E-state index in [1.807, 2.05) is 54.2 Å². The minimum absolute atomic E-state index is 0. The van der Waals surface area contributed by atoms with Gasteiger partial charge in [0.1, 0.15) is 5.75 Å². The Bertz CT molecular complexity index is 895. The zero-order chi connectivity index (χ0) is 19.6. The number of nitrogens with zero attached hydrogens (tertiary/aromatic N) is 3. The predicted molar refractivity (Wildman–Crippen MR) is 128 cm³/mol. The fraction of sp³-hybridized carbons (Fsp3) is 0.273. The fourth-order valence-corrected chi connectivity index (χ4v) is 2.89. The van der Waals surface area contributed by atoms with Gasteiger partial charge in [0.05, 0.1) is 19.3 Å². The van der Waals surface area contributed by atoms with Crippen LogP contribution in [0.1, 0.15) is 23.6 Å². The number of rotatable bonds is 8. The van der Waals surface area contributed by atoms with Gasteiger partial charge in [0.2, 0.25) is 0 Å². The van der Waals surface area contributed by atoms with Crippen LogP contribution < -0.4 is 15.4 Å². The largest absolute Gasteiger partial charge is 0.494 e. The summed E-state index contributed by atoms with van der Waals surface area (Å²) in [6.45, 7) is 4.70. The highest BCUT2D eigenvalue weighted by atomic mass is 127. The van der Waals surface area contributed by atoms with Crippen molar-refractivity contribution in [3.05, 3.63) is 83.7 Å². The molecule has 0 aliphatic heterocycles. The highest BCUT2D eigenvalue weighted by Gasteiger charge is 2.05. The minimum atomic E-state index is 0.